The smallest absolute Gasteiger partial charge is 0.122 e. The van der Waals surface area contributed by atoms with Crippen molar-refractivity contribution in [2.45, 2.75) is 20.4 Å². The molecule has 0 saturated carbocycles. The summed E-state index contributed by atoms with van der Waals surface area (Å²) in [6, 6.07) is 16.2. The van der Waals surface area contributed by atoms with Crippen molar-refractivity contribution in [2.24, 2.45) is 0 Å². The Balaban J connectivity index is 1.72. The van der Waals surface area contributed by atoms with Crippen molar-refractivity contribution < 1.29 is 9.47 Å². The van der Waals surface area contributed by atoms with Gasteiger partial charge in [-0.05, 0) is 42.8 Å². The van der Waals surface area contributed by atoms with Gasteiger partial charge >= 0.3 is 0 Å². The van der Waals surface area contributed by atoms with Gasteiger partial charge in [0.05, 0.1) is 0 Å². The lowest BCUT2D eigenvalue weighted by Crippen LogP contribution is -2.12. The first kappa shape index (κ1) is 15.4. The minimum absolute atomic E-state index is 0.543. The van der Waals surface area contributed by atoms with Crippen LogP contribution in [-0.4, -0.2) is 19.8 Å². The van der Waals surface area contributed by atoms with Gasteiger partial charge in [0.1, 0.15) is 24.7 Å². The normalized spacial score (nSPS) is 10.4. The molecular weight excluding hydrogens is 262 g/mol. The number of para-hydroxylation sites is 1. The molecule has 0 amide bonds. The van der Waals surface area contributed by atoms with Crippen LogP contribution < -0.4 is 14.8 Å². The summed E-state index contributed by atoms with van der Waals surface area (Å²) in [5.74, 6) is 1.80. The van der Waals surface area contributed by atoms with Crippen LogP contribution in [0.15, 0.2) is 48.5 Å². The van der Waals surface area contributed by atoms with Crippen molar-refractivity contribution in [3.8, 4) is 11.5 Å². The highest BCUT2D eigenvalue weighted by molar-refractivity contribution is 5.31. The molecule has 1 N–H and O–H groups in total. The molecule has 0 bridgehead atoms. The van der Waals surface area contributed by atoms with E-state index in [0.717, 1.165) is 30.2 Å². The molecule has 2 aromatic rings. The van der Waals surface area contributed by atoms with E-state index in [1.807, 2.05) is 43.3 Å². The molecule has 3 nitrogen and oxygen atoms in total. The second kappa shape index (κ2) is 8.32. The van der Waals surface area contributed by atoms with Crippen molar-refractivity contribution in [3.63, 3.8) is 0 Å². The lowest BCUT2D eigenvalue weighted by atomic mass is 10.2. The Morgan fingerprint density at radius 1 is 0.905 bits per heavy atom. The molecule has 0 atom stereocenters. The molecule has 0 aromatic heterocycles. The highest BCUT2D eigenvalue weighted by Gasteiger charge is 1.99. The van der Waals surface area contributed by atoms with Crippen LogP contribution in [0.25, 0.3) is 0 Å². The van der Waals surface area contributed by atoms with Gasteiger partial charge in [-0.1, -0.05) is 37.3 Å². The molecule has 21 heavy (non-hydrogen) atoms. The van der Waals surface area contributed by atoms with Crippen LogP contribution in [0.2, 0.25) is 0 Å². The quantitative estimate of drug-likeness (QED) is 0.752. The Labute approximate surface area is 126 Å². The molecule has 0 unspecified atom stereocenters. The van der Waals surface area contributed by atoms with Crippen LogP contribution in [0.4, 0.5) is 0 Å². The predicted octanol–water partition coefficient (Wildman–Crippen LogP) is 3.56. The Kier molecular flexibility index (Phi) is 6.10. The molecule has 3 heteroatoms. The molecule has 0 aliphatic rings. The van der Waals surface area contributed by atoms with Gasteiger partial charge in [0, 0.05) is 6.54 Å². The monoisotopic (exact) mass is 285 g/mol. The third-order valence-electron chi connectivity index (χ3n) is 3.21. The van der Waals surface area contributed by atoms with Crippen molar-refractivity contribution in [1.29, 1.82) is 0 Å². The average Bonchev–Trinajstić information content (AvgIpc) is 2.52. The summed E-state index contributed by atoms with van der Waals surface area (Å²) in [4.78, 5) is 0. The molecule has 0 aliphatic carbocycles. The molecule has 112 valence electrons. The van der Waals surface area contributed by atoms with Crippen molar-refractivity contribution in [2.75, 3.05) is 19.8 Å². The summed E-state index contributed by atoms with van der Waals surface area (Å²) in [5.41, 5.74) is 2.41. The number of ether oxygens (including phenoxy) is 2. The van der Waals surface area contributed by atoms with Crippen LogP contribution in [0.5, 0.6) is 11.5 Å². The van der Waals surface area contributed by atoms with Crippen LogP contribution in [0, 0.1) is 6.92 Å². The molecule has 2 aromatic carbocycles. The number of rotatable bonds is 8. The topological polar surface area (TPSA) is 30.5 Å². The first-order chi connectivity index (χ1) is 10.3. The molecule has 0 radical (unpaired) electrons. The number of aryl methyl sites for hydroxylation is 1. The predicted molar refractivity (Wildman–Crippen MR) is 86.0 cm³/mol. The summed E-state index contributed by atoms with van der Waals surface area (Å²) in [5, 5.41) is 3.30. The molecule has 0 fully saturated rings. The van der Waals surface area contributed by atoms with Gasteiger partial charge in [-0.3, -0.25) is 0 Å². The SMILES string of the molecule is CCNCc1ccc(OCCOc2ccccc2C)cc1. The van der Waals surface area contributed by atoms with Crippen molar-refractivity contribution in [3.05, 3.63) is 59.7 Å². The number of benzene rings is 2. The zero-order chi connectivity index (χ0) is 14.9. The van der Waals surface area contributed by atoms with E-state index in [4.69, 9.17) is 9.47 Å². The van der Waals surface area contributed by atoms with E-state index in [1.54, 1.807) is 0 Å². The number of nitrogens with one attached hydrogen (secondary N) is 1. The lowest BCUT2D eigenvalue weighted by molar-refractivity contribution is 0.216. The Morgan fingerprint density at radius 3 is 2.33 bits per heavy atom. The summed E-state index contributed by atoms with van der Waals surface area (Å²) >= 11 is 0. The summed E-state index contributed by atoms with van der Waals surface area (Å²) in [6.45, 7) is 7.11. The average molecular weight is 285 g/mol. The van der Waals surface area contributed by atoms with E-state index in [9.17, 15) is 0 Å². The van der Waals surface area contributed by atoms with Crippen molar-refractivity contribution >= 4 is 0 Å². The van der Waals surface area contributed by atoms with Crippen molar-refractivity contribution in [1.82, 2.24) is 5.32 Å². The lowest BCUT2D eigenvalue weighted by Gasteiger charge is -2.10. The highest BCUT2D eigenvalue weighted by atomic mass is 16.5. The van der Waals surface area contributed by atoms with Gasteiger partial charge in [-0.25, -0.2) is 0 Å². The number of hydrogen-bond donors (Lipinski definition) is 1. The fourth-order valence-corrected chi connectivity index (χ4v) is 2.00. The van der Waals surface area contributed by atoms with E-state index in [0.29, 0.717) is 13.2 Å². The summed E-state index contributed by atoms with van der Waals surface area (Å²) < 4.78 is 11.4. The van der Waals surface area contributed by atoms with Crippen LogP contribution in [0.1, 0.15) is 18.1 Å². The fourth-order valence-electron chi connectivity index (χ4n) is 2.00. The van der Waals surface area contributed by atoms with Gasteiger partial charge in [0.15, 0.2) is 0 Å². The third-order valence-corrected chi connectivity index (χ3v) is 3.21. The maximum Gasteiger partial charge on any atom is 0.122 e. The molecule has 0 spiro atoms. The fraction of sp³-hybridized carbons (Fsp3) is 0.333. The second-order valence-electron chi connectivity index (χ2n) is 4.89. The minimum Gasteiger partial charge on any atom is -0.490 e. The Bertz CT molecular complexity index is 537. The van der Waals surface area contributed by atoms with Gasteiger partial charge < -0.3 is 14.8 Å². The molecule has 0 saturated heterocycles. The summed E-state index contributed by atoms with van der Waals surface area (Å²) in [6.07, 6.45) is 0. The zero-order valence-electron chi connectivity index (χ0n) is 12.8. The van der Waals surface area contributed by atoms with E-state index >= 15 is 0 Å². The first-order valence-electron chi connectivity index (χ1n) is 7.40. The van der Waals surface area contributed by atoms with Crippen LogP contribution in [-0.2, 0) is 6.54 Å². The first-order valence-corrected chi connectivity index (χ1v) is 7.40. The number of hydrogen-bond acceptors (Lipinski definition) is 3. The standard InChI is InChI=1S/C18H23NO2/c1-3-19-14-16-8-10-17(11-9-16)20-12-13-21-18-7-5-4-6-15(18)2/h4-11,19H,3,12-14H2,1-2H3. The molecule has 0 aliphatic heterocycles. The van der Waals surface area contributed by atoms with Crippen LogP contribution in [0.3, 0.4) is 0 Å². The van der Waals surface area contributed by atoms with E-state index in [1.165, 1.54) is 5.56 Å². The molecule has 0 heterocycles. The maximum atomic E-state index is 5.70. The van der Waals surface area contributed by atoms with Gasteiger partial charge in [0.2, 0.25) is 0 Å². The van der Waals surface area contributed by atoms with E-state index < -0.39 is 0 Å². The second-order valence-corrected chi connectivity index (χ2v) is 4.89. The van der Waals surface area contributed by atoms with Gasteiger partial charge in [-0.15, -0.1) is 0 Å². The largest absolute Gasteiger partial charge is 0.490 e. The highest BCUT2D eigenvalue weighted by Crippen LogP contribution is 2.16. The Morgan fingerprint density at radius 2 is 1.62 bits per heavy atom. The van der Waals surface area contributed by atoms with Crippen LogP contribution >= 0.6 is 0 Å². The third kappa shape index (κ3) is 5.12. The summed E-state index contributed by atoms with van der Waals surface area (Å²) in [7, 11) is 0. The Hall–Kier alpha value is -2.00. The molecular formula is C18H23NO2. The van der Waals surface area contributed by atoms with E-state index in [2.05, 4.69) is 24.4 Å². The zero-order valence-corrected chi connectivity index (χ0v) is 12.8. The maximum absolute atomic E-state index is 5.70. The van der Waals surface area contributed by atoms with Gasteiger partial charge in [0.25, 0.3) is 0 Å². The molecule has 2 rings (SSSR count). The van der Waals surface area contributed by atoms with E-state index in [-0.39, 0.29) is 0 Å². The van der Waals surface area contributed by atoms with Gasteiger partial charge in [-0.2, -0.15) is 0 Å². The minimum atomic E-state index is 0.543.